The molecule has 0 unspecified atom stereocenters. The maximum absolute atomic E-state index is 13.2. The molecular weight excluding hydrogens is 420 g/mol. The number of rotatable bonds is 9. The van der Waals surface area contributed by atoms with E-state index in [-0.39, 0.29) is 23.1 Å². The third-order valence-corrected chi connectivity index (χ3v) is 4.65. The molecule has 1 N–H and O–H groups in total. The van der Waals surface area contributed by atoms with E-state index in [1.807, 2.05) is 39.0 Å². The Morgan fingerprint density at radius 1 is 1.27 bits per heavy atom. The predicted molar refractivity (Wildman–Crippen MR) is 125 cm³/mol. The van der Waals surface area contributed by atoms with Crippen LogP contribution in [0.2, 0.25) is 0 Å². The van der Waals surface area contributed by atoms with Crippen LogP contribution in [-0.2, 0) is 9.53 Å². The van der Waals surface area contributed by atoms with Gasteiger partial charge in [-0.2, -0.15) is 10.2 Å². The first-order valence-corrected chi connectivity index (χ1v) is 10.7. The number of hydrogen-bond acceptors (Lipinski definition) is 6. The fourth-order valence-electron chi connectivity index (χ4n) is 3.06. The average molecular weight is 447 g/mol. The minimum absolute atomic E-state index is 0.00930. The lowest BCUT2D eigenvalue weighted by Crippen LogP contribution is -2.27. The van der Waals surface area contributed by atoms with Gasteiger partial charge in [-0.3, -0.25) is 14.0 Å². The smallest absolute Gasteiger partial charge is 0.269 e. The van der Waals surface area contributed by atoms with Gasteiger partial charge in [0, 0.05) is 19.3 Å². The number of nitrogens with zero attached hydrogens (tertiary/aromatic N) is 3. The van der Waals surface area contributed by atoms with Crippen LogP contribution in [-0.4, -0.2) is 34.5 Å². The van der Waals surface area contributed by atoms with Gasteiger partial charge in [-0.15, -0.1) is 0 Å². The Hall–Kier alpha value is -3.96. The summed E-state index contributed by atoms with van der Waals surface area (Å²) in [6.45, 7) is 6.62. The Kier molecular flexibility index (Phi) is 7.95. The van der Waals surface area contributed by atoms with Gasteiger partial charge in [0.1, 0.15) is 28.6 Å². The van der Waals surface area contributed by atoms with E-state index in [1.165, 1.54) is 10.5 Å². The van der Waals surface area contributed by atoms with Crippen LogP contribution in [0.15, 0.2) is 59.0 Å². The Morgan fingerprint density at radius 2 is 2.09 bits per heavy atom. The van der Waals surface area contributed by atoms with Gasteiger partial charge in [-0.1, -0.05) is 18.2 Å². The van der Waals surface area contributed by atoms with Crippen molar-refractivity contribution in [2.24, 2.45) is 0 Å². The molecule has 2 aromatic heterocycles. The average Bonchev–Trinajstić information content (AvgIpc) is 2.78. The molecule has 0 saturated carbocycles. The van der Waals surface area contributed by atoms with Crippen molar-refractivity contribution in [3.05, 3.63) is 75.7 Å². The fraction of sp³-hybridized carbons (Fsp3) is 0.280. The summed E-state index contributed by atoms with van der Waals surface area (Å²) >= 11 is 0. The van der Waals surface area contributed by atoms with E-state index in [0.717, 1.165) is 5.56 Å². The summed E-state index contributed by atoms with van der Waals surface area (Å²) < 4.78 is 12.7. The minimum Gasteiger partial charge on any atom is -0.438 e. The summed E-state index contributed by atoms with van der Waals surface area (Å²) in [7, 11) is 0. The lowest BCUT2D eigenvalue weighted by atomic mass is 10.1. The van der Waals surface area contributed by atoms with E-state index in [0.29, 0.717) is 31.0 Å². The molecule has 0 bridgehead atoms. The molecular formula is C25H26N4O4. The van der Waals surface area contributed by atoms with Gasteiger partial charge >= 0.3 is 0 Å². The zero-order chi connectivity index (χ0) is 23.8. The van der Waals surface area contributed by atoms with E-state index >= 15 is 0 Å². The van der Waals surface area contributed by atoms with E-state index in [9.17, 15) is 14.9 Å². The Balaban J connectivity index is 1.94. The quantitative estimate of drug-likeness (QED) is 0.306. The lowest BCUT2D eigenvalue weighted by molar-refractivity contribution is -0.117. The number of hydrogen-bond donors (Lipinski definition) is 1. The number of pyridine rings is 1. The number of nitriles is 1. The van der Waals surface area contributed by atoms with Crippen LogP contribution in [0.25, 0.3) is 11.7 Å². The number of aryl methyl sites for hydroxylation is 1. The molecule has 0 aliphatic heterocycles. The SMILES string of the molecule is Cc1cccc(Oc2nc3ccccn3c(=O)c2/C=C(\C#N)C(=O)NCCCOC(C)C)c1. The maximum atomic E-state index is 13.2. The van der Waals surface area contributed by atoms with Gasteiger partial charge in [-0.05, 0) is 63.1 Å². The number of aromatic nitrogens is 2. The second kappa shape index (κ2) is 11.1. The van der Waals surface area contributed by atoms with Crippen molar-refractivity contribution in [3.63, 3.8) is 0 Å². The van der Waals surface area contributed by atoms with E-state index in [1.54, 1.807) is 36.5 Å². The summed E-state index contributed by atoms with van der Waals surface area (Å²) in [6, 6.07) is 14.3. The van der Waals surface area contributed by atoms with E-state index in [4.69, 9.17) is 9.47 Å². The van der Waals surface area contributed by atoms with Crippen LogP contribution in [0.5, 0.6) is 11.6 Å². The van der Waals surface area contributed by atoms with Gasteiger partial charge in [-0.25, -0.2) is 0 Å². The van der Waals surface area contributed by atoms with Gasteiger partial charge in [0.05, 0.1) is 6.10 Å². The molecule has 0 fully saturated rings. The topological polar surface area (TPSA) is 106 Å². The third kappa shape index (κ3) is 6.28. The first kappa shape index (κ1) is 23.7. The molecule has 0 radical (unpaired) electrons. The van der Waals surface area contributed by atoms with Gasteiger partial charge in [0.15, 0.2) is 0 Å². The molecule has 3 aromatic rings. The van der Waals surface area contributed by atoms with Crippen LogP contribution in [0.1, 0.15) is 31.4 Å². The first-order valence-electron chi connectivity index (χ1n) is 10.7. The Bertz CT molecular complexity index is 1270. The number of nitrogens with one attached hydrogen (secondary N) is 1. The molecule has 0 aliphatic carbocycles. The van der Waals surface area contributed by atoms with Crippen molar-refractivity contribution in [3.8, 4) is 17.7 Å². The maximum Gasteiger partial charge on any atom is 0.269 e. The number of benzene rings is 1. The van der Waals surface area contributed by atoms with Crippen molar-refractivity contribution < 1.29 is 14.3 Å². The highest BCUT2D eigenvalue weighted by molar-refractivity contribution is 6.01. The second-order valence-corrected chi connectivity index (χ2v) is 7.68. The number of carbonyl (C=O) groups excluding carboxylic acids is 1. The molecule has 8 nitrogen and oxygen atoms in total. The van der Waals surface area contributed by atoms with Crippen molar-refractivity contribution in [2.75, 3.05) is 13.2 Å². The van der Waals surface area contributed by atoms with Gasteiger partial charge in [0.25, 0.3) is 11.5 Å². The molecule has 1 aromatic carbocycles. The van der Waals surface area contributed by atoms with Crippen molar-refractivity contribution >= 4 is 17.6 Å². The number of carbonyl (C=O) groups is 1. The highest BCUT2D eigenvalue weighted by Crippen LogP contribution is 2.24. The molecule has 8 heteroatoms. The molecule has 3 rings (SSSR count). The van der Waals surface area contributed by atoms with Crippen LogP contribution in [0, 0.1) is 18.3 Å². The first-order chi connectivity index (χ1) is 15.9. The molecule has 0 saturated heterocycles. The van der Waals surface area contributed by atoms with Gasteiger partial charge in [0.2, 0.25) is 5.88 Å². The van der Waals surface area contributed by atoms with Crippen molar-refractivity contribution in [1.29, 1.82) is 5.26 Å². The number of ether oxygens (including phenoxy) is 2. The Labute approximate surface area is 192 Å². The fourth-order valence-corrected chi connectivity index (χ4v) is 3.06. The molecule has 0 atom stereocenters. The molecule has 0 aliphatic rings. The molecule has 1 amide bonds. The zero-order valence-corrected chi connectivity index (χ0v) is 18.9. The van der Waals surface area contributed by atoms with Crippen LogP contribution < -0.4 is 15.6 Å². The number of fused-ring (bicyclic) bond motifs is 1. The van der Waals surface area contributed by atoms with Crippen LogP contribution in [0.3, 0.4) is 0 Å². The lowest BCUT2D eigenvalue weighted by Gasteiger charge is -2.11. The highest BCUT2D eigenvalue weighted by Gasteiger charge is 2.17. The van der Waals surface area contributed by atoms with E-state index in [2.05, 4.69) is 10.3 Å². The normalized spacial score (nSPS) is 11.4. The van der Waals surface area contributed by atoms with Crippen molar-refractivity contribution in [2.45, 2.75) is 33.3 Å². The third-order valence-electron chi connectivity index (χ3n) is 4.65. The summed E-state index contributed by atoms with van der Waals surface area (Å²) in [5.41, 5.74) is 0.698. The summed E-state index contributed by atoms with van der Waals surface area (Å²) in [6.07, 6.45) is 3.50. The largest absolute Gasteiger partial charge is 0.438 e. The van der Waals surface area contributed by atoms with Crippen molar-refractivity contribution in [1.82, 2.24) is 14.7 Å². The monoisotopic (exact) mass is 446 g/mol. The van der Waals surface area contributed by atoms with Crippen LogP contribution >= 0.6 is 0 Å². The summed E-state index contributed by atoms with van der Waals surface area (Å²) in [4.78, 5) is 30.2. The molecule has 33 heavy (non-hydrogen) atoms. The minimum atomic E-state index is -0.582. The van der Waals surface area contributed by atoms with Crippen LogP contribution in [0.4, 0.5) is 0 Å². The molecule has 0 spiro atoms. The standard InChI is InChI=1S/C25H26N4O4/c1-17(2)32-13-7-11-27-23(30)19(16-26)15-21-24(33-20-9-6-8-18(3)14-20)28-22-10-4-5-12-29(22)25(21)31/h4-6,8-10,12,14-15,17H,7,11,13H2,1-3H3,(H,27,30)/b19-15+. The number of amides is 1. The second-order valence-electron chi connectivity index (χ2n) is 7.68. The molecule has 2 heterocycles. The summed E-state index contributed by atoms with van der Waals surface area (Å²) in [5, 5.41) is 12.3. The zero-order valence-electron chi connectivity index (χ0n) is 18.9. The summed E-state index contributed by atoms with van der Waals surface area (Å²) in [5.74, 6) is -0.0752. The van der Waals surface area contributed by atoms with Gasteiger partial charge < -0.3 is 14.8 Å². The van der Waals surface area contributed by atoms with E-state index < -0.39 is 11.5 Å². The Morgan fingerprint density at radius 3 is 2.82 bits per heavy atom. The highest BCUT2D eigenvalue weighted by atomic mass is 16.5. The molecule has 170 valence electrons. The predicted octanol–water partition coefficient (Wildman–Crippen LogP) is 3.63.